The van der Waals surface area contributed by atoms with Crippen LogP contribution in [0.25, 0.3) is 0 Å². The maximum absolute atomic E-state index is 12.8. The van der Waals surface area contributed by atoms with Crippen molar-refractivity contribution in [1.29, 1.82) is 0 Å². The Morgan fingerprint density at radius 1 is 1.19 bits per heavy atom. The molecule has 122 valence electrons. The first-order chi connectivity index (χ1) is 10.1. The Hall–Kier alpha value is -0.610. The molecule has 1 amide bonds. The maximum Gasteiger partial charge on any atom is 0.228 e. The van der Waals surface area contributed by atoms with E-state index in [0.717, 1.165) is 25.9 Å². The molecule has 0 aromatic carbocycles. The molecule has 4 nitrogen and oxygen atoms in total. The molecular formula is C17H31NO3. The molecule has 0 bridgehead atoms. The SMILES string of the molecule is CC(C)(C(=O)N1CCC(OCCCO)CC1)C1CCCC1. The smallest absolute Gasteiger partial charge is 0.228 e. The first kappa shape index (κ1) is 16.8. The molecule has 1 aliphatic carbocycles. The number of piperidine rings is 1. The van der Waals surface area contributed by atoms with Crippen molar-refractivity contribution in [2.75, 3.05) is 26.3 Å². The van der Waals surface area contributed by atoms with E-state index in [1.807, 2.05) is 4.90 Å². The zero-order chi connectivity index (χ0) is 15.3. The second kappa shape index (κ2) is 7.59. The van der Waals surface area contributed by atoms with Gasteiger partial charge in [0.2, 0.25) is 5.91 Å². The lowest BCUT2D eigenvalue weighted by atomic mass is 9.76. The number of carbonyl (C=O) groups is 1. The molecule has 1 N–H and O–H groups in total. The van der Waals surface area contributed by atoms with Crippen molar-refractivity contribution in [1.82, 2.24) is 4.90 Å². The van der Waals surface area contributed by atoms with Gasteiger partial charge in [-0.15, -0.1) is 0 Å². The van der Waals surface area contributed by atoms with Gasteiger partial charge in [0, 0.05) is 31.7 Å². The average molecular weight is 297 g/mol. The van der Waals surface area contributed by atoms with E-state index in [2.05, 4.69) is 13.8 Å². The monoisotopic (exact) mass is 297 g/mol. The van der Waals surface area contributed by atoms with Crippen molar-refractivity contribution < 1.29 is 14.6 Å². The van der Waals surface area contributed by atoms with Crippen LogP contribution in [0.1, 0.15) is 58.8 Å². The number of rotatable bonds is 6. The highest BCUT2D eigenvalue weighted by molar-refractivity contribution is 5.82. The lowest BCUT2D eigenvalue weighted by Crippen LogP contribution is -2.48. The normalized spacial score (nSPS) is 22.0. The molecule has 1 aliphatic heterocycles. The van der Waals surface area contributed by atoms with Crippen LogP contribution in [0.5, 0.6) is 0 Å². The highest BCUT2D eigenvalue weighted by Gasteiger charge is 2.41. The zero-order valence-electron chi connectivity index (χ0n) is 13.6. The number of carbonyl (C=O) groups excluding carboxylic acids is 1. The fraction of sp³-hybridized carbons (Fsp3) is 0.941. The molecule has 2 aliphatic rings. The van der Waals surface area contributed by atoms with Gasteiger partial charge < -0.3 is 14.7 Å². The number of nitrogens with zero attached hydrogens (tertiary/aromatic N) is 1. The Morgan fingerprint density at radius 3 is 2.38 bits per heavy atom. The van der Waals surface area contributed by atoms with Crippen LogP contribution >= 0.6 is 0 Å². The number of likely N-dealkylation sites (tertiary alicyclic amines) is 1. The van der Waals surface area contributed by atoms with Gasteiger partial charge in [-0.2, -0.15) is 0 Å². The Balaban J connectivity index is 1.79. The van der Waals surface area contributed by atoms with Crippen LogP contribution in [-0.2, 0) is 9.53 Å². The van der Waals surface area contributed by atoms with E-state index in [1.165, 1.54) is 25.7 Å². The number of aliphatic hydroxyl groups excluding tert-OH is 1. The number of hydrogen-bond donors (Lipinski definition) is 1. The van der Waals surface area contributed by atoms with Crippen LogP contribution in [0.15, 0.2) is 0 Å². The van der Waals surface area contributed by atoms with E-state index >= 15 is 0 Å². The largest absolute Gasteiger partial charge is 0.396 e. The minimum absolute atomic E-state index is 0.187. The zero-order valence-corrected chi connectivity index (χ0v) is 13.6. The number of hydrogen-bond acceptors (Lipinski definition) is 3. The van der Waals surface area contributed by atoms with E-state index in [-0.39, 0.29) is 18.1 Å². The Bertz CT molecular complexity index is 329. The molecule has 1 heterocycles. The van der Waals surface area contributed by atoms with Crippen molar-refractivity contribution in [2.45, 2.75) is 64.9 Å². The molecule has 0 spiro atoms. The van der Waals surface area contributed by atoms with Crippen molar-refractivity contribution in [2.24, 2.45) is 11.3 Å². The van der Waals surface area contributed by atoms with Crippen LogP contribution in [0, 0.1) is 11.3 Å². The van der Waals surface area contributed by atoms with E-state index in [1.54, 1.807) is 0 Å². The Labute approximate surface area is 128 Å². The summed E-state index contributed by atoms with van der Waals surface area (Å²) < 4.78 is 5.74. The van der Waals surface area contributed by atoms with E-state index < -0.39 is 0 Å². The first-order valence-corrected chi connectivity index (χ1v) is 8.57. The van der Waals surface area contributed by atoms with Crippen LogP contribution < -0.4 is 0 Å². The van der Waals surface area contributed by atoms with Gasteiger partial charge in [0.1, 0.15) is 0 Å². The third-order valence-electron chi connectivity index (χ3n) is 5.31. The Morgan fingerprint density at radius 2 is 1.81 bits per heavy atom. The maximum atomic E-state index is 12.8. The molecule has 0 radical (unpaired) electrons. The fourth-order valence-electron chi connectivity index (χ4n) is 3.77. The van der Waals surface area contributed by atoms with Gasteiger partial charge in [0.25, 0.3) is 0 Å². The summed E-state index contributed by atoms with van der Waals surface area (Å²) in [7, 11) is 0. The van der Waals surface area contributed by atoms with Crippen LogP contribution in [0.3, 0.4) is 0 Å². The van der Waals surface area contributed by atoms with Gasteiger partial charge in [0.05, 0.1) is 6.10 Å². The quantitative estimate of drug-likeness (QED) is 0.767. The van der Waals surface area contributed by atoms with E-state index in [4.69, 9.17) is 9.84 Å². The molecule has 21 heavy (non-hydrogen) atoms. The minimum atomic E-state index is -0.207. The van der Waals surface area contributed by atoms with Crippen LogP contribution in [-0.4, -0.2) is 48.3 Å². The summed E-state index contributed by atoms with van der Waals surface area (Å²) in [6.07, 6.45) is 7.79. The fourth-order valence-corrected chi connectivity index (χ4v) is 3.77. The topological polar surface area (TPSA) is 49.8 Å². The summed E-state index contributed by atoms with van der Waals surface area (Å²) in [5.41, 5.74) is -0.207. The van der Waals surface area contributed by atoms with Crippen molar-refractivity contribution in [3.05, 3.63) is 0 Å². The average Bonchev–Trinajstić information content (AvgIpc) is 3.02. The minimum Gasteiger partial charge on any atom is -0.396 e. The molecule has 0 aromatic rings. The summed E-state index contributed by atoms with van der Waals surface area (Å²) in [6, 6.07) is 0. The van der Waals surface area contributed by atoms with Crippen molar-refractivity contribution in [3.63, 3.8) is 0 Å². The molecule has 0 atom stereocenters. The molecule has 4 heteroatoms. The Kier molecular flexibility index (Phi) is 6.06. The third kappa shape index (κ3) is 4.19. The van der Waals surface area contributed by atoms with Crippen LogP contribution in [0.2, 0.25) is 0 Å². The highest BCUT2D eigenvalue weighted by Crippen LogP contribution is 2.41. The number of aliphatic hydroxyl groups is 1. The summed E-state index contributed by atoms with van der Waals surface area (Å²) in [6.45, 7) is 6.72. The van der Waals surface area contributed by atoms with Gasteiger partial charge in [-0.25, -0.2) is 0 Å². The van der Waals surface area contributed by atoms with Crippen LogP contribution in [0.4, 0.5) is 0 Å². The molecular weight excluding hydrogens is 266 g/mol. The van der Waals surface area contributed by atoms with Crippen molar-refractivity contribution >= 4 is 5.91 Å². The lowest BCUT2D eigenvalue weighted by molar-refractivity contribution is -0.146. The summed E-state index contributed by atoms with van der Waals surface area (Å²) >= 11 is 0. The van der Waals surface area contributed by atoms with Crippen molar-refractivity contribution in [3.8, 4) is 0 Å². The molecule has 1 saturated heterocycles. The van der Waals surface area contributed by atoms with E-state index in [0.29, 0.717) is 24.9 Å². The summed E-state index contributed by atoms with van der Waals surface area (Å²) in [5.74, 6) is 0.895. The van der Waals surface area contributed by atoms with Gasteiger partial charge >= 0.3 is 0 Å². The van der Waals surface area contributed by atoms with Gasteiger partial charge in [-0.05, 0) is 38.0 Å². The van der Waals surface area contributed by atoms with Gasteiger partial charge in [-0.3, -0.25) is 4.79 Å². The van der Waals surface area contributed by atoms with E-state index in [9.17, 15) is 4.79 Å². The molecule has 2 rings (SSSR count). The molecule has 0 aromatic heterocycles. The predicted octanol–water partition coefficient (Wildman–Crippen LogP) is 2.59. The third-order valence-corrected chi connectivity index (χ3v) is 5.31. The first-order valence-electron chi connectivity index (χ1n) is 8.57. The number of ether oxygens (including phenoxy) is 1. The highest BCUT2D eigenvalue weighted by atomic mass is 16.5. The predicted molar refractivity (Wildman–Crippen MR) is 83.0 cm³/mol. The van der Waals surface area contributed by atoms with Gasteiger partial charge in [0.15, 0.2) is 0 Å². The molecule has 1 saturated carbocycles. The number of amides is 1. The standard InChI is InChI=1S/C17H31NO3/c1-17(2,14-6-3-4-7-14)16(20)18-10-8-15(9-11-18)21-13-5-12-19/h14-15,19H,3-13H2,1-2H3. The van der Waals surface area contributed by atoms with Gasteiger partial charge in [-0.1, -0.05) is 26.7 Å². The summed E-state index contributed by atoms with van der Waals surface area (Å²) in [5, 5.41) is 8.77. The molecule has 2 fully saturated rings. The molecule has 0 unspecified atom stereocenters. The second-order valence-corrected chi connectivity index (χ2v) is 7.14. The second-order valence-electron chi connectivity index (χ2n) is 7.14. The lowest BCUT2D eigenvalue weighted by Gasteiger charge is -2.39. The summed E-state index contributed by atoms with van der Waals surface area (Å²) in [4.78, 5) is 14.9.